The minimum Gasteiger partial charge on any atom is -0.456 e. The molecule has 9 aromatic carbocycles. The van der Waals surface area contributed by atoms with Gasteiger partial charge >= 0.3 is 0 Å². The third-order valence-electron chi connectivity index (χ3n) is 12.0. The maximum absolute atomic E-state index is 6.40. The van der Waals surface area contributed by atoms with Crippen LogP contribution < -0.4 is 9.80 Å². The number of furan rings is 2. The molecule has 0 amide bonds. The summed E-state index contributed by atoms with van der Waals surface area (Å²) < 4.78 is 12.5. The maximum Gasteiger partial charge on any atom is 0.137 e. The molecule has 11 rings (SSSR count). The van der Waals surface area contributed by atoms with Gasteiger partial charge in [0.05, 0.1) is 11.1 Å². The largest absolute Gasteiger partial charge is 0.456 e. The van der Waals surface area contributed by atoms with E-state index in [2.05, 4.69) is 219 Å². The molecule has 4 nitrogen and oxygen atoms in total. The van der Waals surface area contributed by atoms with Crippen LogP contribution in [0.3, 0.4) is 0 Å². The third kappa shape index (κ3) is 6.67. The zero-order valence-corrected chi connectivity index (χ0v) is 34.9. The molecule has 0 N–H and O–H groups in total. The zero-order chi connectivity index (χ0) is 41.8. The highest BCUT2D eigenvalue weighted by Gasteiger charge is 2.21. The molecule has 0 aliphatic heterocycles. The summed E-state index contributed by atoms with van der Waals surface area (Å²) in [7, 11) is 0. The van der Waals surface area contributed by atoms with Crippen molar-refractivity contribution in [1.29, 1.82) is 0 Å². The summed E-state index contributed by atoms with van der Waals surface area (Å²) in [5.74, 6) is 0. The molecule has 0 saturated carbocycles. The SMILES string of the molecule is CC(C)(C)c1ccc(N(c2ccccc2)c2cccc(-c3ccc(N(c4ccc(-c5ccc6oc7ccccc7c6c5)cc4)c4cccc5oc6ccccc6c45)cc3)c2)cc1. The van der Waals surface area contributed by atoms with Crippen molar-refractivity contribution in [3.05, 3.63) is 218 Å². The topological polar surface area (TPSA) is 32.8 Å². The van der Waals surface area contributed by atoms with Crippen LogP contribution in [-0.2, 0) is 5.41 Å². The molecule has 4 heteroatoms. The molecule has 62 heavy (non-hydrogen) atoms. The highest BCUT2D eigenvalue weighted by Crippen LogP contribution is 2.44. The lowest BCUT2D eigenvalue weighted by atomic mass is 9.87. The Morgan fingerprint density at radius 2 is 0.806 bits per heavy atom. The predicted octanol–water partition coefficient (Wildman–Crippen LogP) is 17.1. The molecule has 2 heterocycles. The lowest BCUT2D eigenvalue weighted by Crippen LogP contribution is -2.13. The molecule has 0 atom stereocenters. The van der Waals surface area contributed by atoms with Crippen LogP contribution in [0.2, 0.25) is 0 Å². The van der Waals surface area contributed by atoms with Gasteiger partial charge in [-0.25, -0.2) is 0 Å². The fourth-order valence-corrected chi connectivity index (χ4v) is 8.84. The lowest BCUT2D eigenvalue weighted by Gasteiger charge is -2.27. The first-order valence-corrected chi connectivity index (χ1v) is 21.2. The summed E-state index contributed by atoms with van der Waals surface area (Å²) in [4.78, 5) is 4.68. The van der Waals surface area contributed by atoms with Gasteiger partial charge in [0.25, 0.3) is 0 Å². The van der Waals surface area contributed by atoms with Crippen molar-refractivity contribution in [2.75, 3.05) is 9.80 Å². The van der Waals surface area contributed by atoms with Gasteiger partial charge in [0.2, 0.25) is 0 Å². The van der Waals surface area contributed by atoms with Gasteiger partial charge in [-0.1, -0.05) is 136 Å². The van der Waals surface area contributed by atoms with Crippen LogP contribution in [0.15, 0.2) is 221 Å². The quantitative estimate of drug-likeness (QED) is 0.153. The second-order valence-electron chi connectivity index (χ2n) is 17.0. The molecule has 11 aromatic rings. The van der Waals surface area contributed by atoms with Crippen LogP contribution in [0.5, 0.6) is 0 Å². The van der Waals surface area contributed by atoms with Crippen molar-refractivity contribution in [3.63, 3.8) is 0 Å². The number of hydrogen-bond donors (Lipinski definition) is 0. The fraction of sp³-hybridized carbons (Fsp3) is 0.0690. The standard InChI is InChI=1S/C58H44N2O2/c1-58(2,3)43-28-34-45(35-29-43)59(44-14-5-4-6-15-44)48-16-11-13-41(37-48)39-23-30-46(31-24-39)60(52-19-12-22-56-57(52)50-18-8-10-21-54(50)62-56)47-32-25-40(26-33-47)42-27-36-55-51(38-42)49-17-7-9-20-53(49)61-55/h4-38H,1-3H3. The van der Waals surface area contributed by atoms with Crippen LogP contribution in [-0.4, -0.2) is 0 Å². The number of fused-ring (bicyclic) bond motifs is 6. The van der Waals surface area contributed by atoms with E-state index < -0.39 is 0 Å². The van der Waals surface area contributed by atoms with Crippen LogP contribution in [0.1, 0.15) is 26.3 Å². The second-order valence-corrected chi connectivity index (χ2v) is 17.0. The van der Waals surface area contributed by atoms with Gasteiger partial charge in [-0.15, -0.1) is 0 Å². The molecule has 2 aromatic heterocycles. The molecule has 0 bridgehead atoms. The van der Waals surface area contributed by atoms with E-state index in [4.69, 9.17) is 8.83 Å². The Hall–Kier alpha value is -7.82. The van der Waals surface area contributed by atoms with E-state index >= 15 is 0 Å². The highest BCUT2D eigenvalue weighted by molar-refractivity contribution is 6.13. The van der Waals surface area contributed by atoms with Crippen molar-refractivity contribution in [2.45, 2.75) is 26.2 Å². The zero-order valence-electron chi connectivity index (χ0n) is 34.9. The average Bonchev–Trinajstić information content (AvgIpc) is 3.89. The Balaban J connectivity index is 0.984. The summed E-state index contributed by atoms with van der Waals surface area (Å²) in [5.41, 5.74) is 16.0. The molecule has 0 fully saturated rings. The molecule has 0 unspecified atom stereocenters. The maximum atomic E-state index is 6.40. The summed E-state index contributed by atoms with van der Waals surface area (Å²) >= 11 is 0. The predicted molar refractivity (Wildman–Crippen MR) is 260 cm³/mol. The lowest BCUT2D eigenvalue weighted by molar-refractivity contribution is 0.590. The Morgan fingerprint density at radius 1 is 0.323 bits per heavy atom. The van der Waals surface area contributed by atoms with Crippen molar-refractivity contribution in [1.82, 2.24) is 0 Å². The first kappa shape index (κ1) is 37.2. The highest BCUT2D eigenvalue weighted by atomic mass is 16.3. The van der Waals surface area contributed by atoms with Gasteiger partial charge in [-0.2, -0.15) is 0 Å². The van der Waals surface area contributed by atoms with Gasteiger partial charge < -0.3 is 18.6 Å². The van der Waals surface area contributed by atoms with E-state index in [1.54, 1.807) is 0 Å². The monoisotopic (exact) mass is 800 g/mol. The number of para-hydroxylation sites is 3. The minimum atomic E-state index is 0.0758. The van der Waals surface area contributed by atoms with Crippen LogP contribution in [0.4, 0.5) is 34.1 Å². The smallest absolute Gasteiger partial charge is 0.137 e. The van der Waals surface area contributed by atoms with Gasteiger partial charge in [-0.3, -0.25) is 0 Å². The Labute approximate surface area is 361 Å². The summed E-state index contributed by atoms with van der Waals surface area (Å²) in [5, 5.41) is 4.42. The van der Waals surface area contributed by atoms with E-state index in [1.807, 2.05) is 24.3 Å². The molecule has 0 spiro atoms. The van der Waals surface area contributed by atoms with Crippen molar-refractivity contribution < 1.29 is 8.83 Å². The van der Waals surface area contributed by atoms with Crippen molar-refractivity contribution in [3.8, 4) is 22.3 Å². The Bertz CT molecular complexity index is 3370. The summed E-state index contributed by atoms with van der Waals surface area (Å²) in [6.45, 7) is 6.77. The van der Waals surface area contributed by atoms with Crippen LogP contribution >= 0.6 is 0 Å². The van der Waals surface area contributed by atoms with E-state index in [0.29, 0.717) is 0 Å². The Kier molecular flexibility index (Phi) is 9.01. The van der Waals surface area contributed by atoms with Crippen LogP contribution in [0.25, 0.3) is 66.1 Å². The van der Waals surface area contributed by atoms with E-state index in [0.717, 1.165) is 100 Å². The van der Waals surface area contributed by atoms with Crippen molar-refractivity contribution in [2.24, 2.45) is 0 Å². The molecule has 0 radical (unpaired) electrons. The molecule has 0 aliphatic carbocycles. The molecule has 0 aliphatic rings. The van der Waals surface area contributed by atoms with E-state index in [-0.39, 0.29) is 5.41 Å². The molecule has 298 valence electrons. The first-order valence-electron chi connectivity index (χ1n) is 21.2. The number of anilines is 6. The second kappa shape index (κ2) is 15.0. The molecular weight excluding hydrogens is 757 g/mol. The fourth-order valence-electron chi connectivity index (χ4n) is 8.84. The molecular formula is C58H44N2O2. The number of hydrogen-bond acceptors (Lipinski definition) is 4. The van der Waals surface area contributed by atoms with Gasteiger partial charge in [0.15, 0.2) is 0 Å². The first-order chi connectivity index (χ1) is 30.4. The summed E-state index contributed by atoms with van der Waals surface area (Å²) in [6.07, 6.45) is 0. The van der Waals surface area contributed by atoms with Crippen LogP contribution in [0, 0.1) is 0 Å². The van der Waals surface area contributed by atoms with Gasteiger partial charge in [0.1, 0.15) is 22.3 Å². The van der Waals surface area contributed by atoms with E-state index in [1.165, 1.54) is 5.56 Å². The van der Waals surface area contributed by atoms with Crippen molar-refractivity contribution >= 4 is 78.0 Å². The van der Waals surface area contributed by atoms with Gasteiger partial charge in [-0.05, 0) is 130 Å². The number of benzene rings is 9. The van der Waals surface area contributed by atoms with E-state index in [9.17, 15) is 0 Å². The van der Waals surface area contributed by atoms with Gasteiger partial charge in [0, 0.05) is 44.6 Å². The Morgan fingerprint density at radius 3 is 1.50 bits per heavy atom. The number of nitrogens with zero attached hydrogens (tertiary/aromatic N) is 2. The minimum absolute atomic E-state index is 0.0758. The number of rotatable bonds is 8. The normalized spacial score (nSPS) is 11.8. The molecule has 0 saturated heterocycles. The average molecular weight is 801 g/mol. The summed E-state index contributed by atoms with van der Waals surface area (Å²) in [6, 6.07) is 75.6. The third-order valence-corrected chi connectivity index (χ3v) is 12.0.